The number of aromatic nitrogens is 3. The first-order chi connectivity index (χ1) is 8.78. The predicted molar refractivity (Wildman–Crippen MR) is 64.6 cm³/mol. The highest BCUT2D eigenvalue weighted by molar-refractivity contribution is 5.21. The summed E-state index contributed by atoms with van der Waals surface area (Å²) in [6, 6.07) is 9.96. The minimum Gasteiger partial charge on any atom is -0.342 e. The van der Waals surface area contributed by atoms with Crippen LogP contribution in [0, 0.1) is 0 Å². The van der Waals surface area contributed by atoms with Crippen molar-refractivity contribution in [3.63, 3.8) is 0 Å². The first-order valence-electron chi connectivity index (χ1n) is 5.98. The van der Waals surface area contributed by atoms with E-state index in [1.165, 1.54) is 6.33 Å². The minimum absolute atomic E-state index is 0.0775. The maximum absolute atomic E-state index is 6.00. The average molecular weight is 245 g/mol. The smallest absolute Gasteiger partial charge is 0.215 e. The summed E-state index contributed by atoms with van der Waals surface area (Å²) in [7, 11) is 0. The van der Waals surface area contributed by atoms with Crippen molar-refractivity contribution in [1.82, 2.24) is 14.8 Å². The van der Waals surface area contributed by atoms with Gasteiger partial charge in [-0.1, -0.05) is 30.3 Å². The van der Waals surface area contributed by atoms with Crippen LogP contribution in [0.2, 0.25) is 0 Å². The Labute approximate surface area is 105 Å². The van der Waals surface area contributed by atoms with Crippen molar-refractivity contribution in [1.29, 1.82) is 0 Å². The number of hydrogen-bond donors (Lipinski definition) is 0. The number of ether oxygens (including phenoxy) is 2. The molecule has 1 aromatic heterocycles. The van der Waals surface area contributed by atoms with E-state index in [1.54, 1.807) is 11.0 Å². The van der Waals surface area contributed by atoms with Crippen LogP contribution in [0.25, 0.3) is 0 Å². The van der Waals surface area contributed by atoms with Crippen LogP contribution in [-0.2, 0) is 21.8 Å². The second-order valence-corrected chi connectivity index (χ2v) is 4.45. The van der Waals surface area contributed by atoms with E-state index in [0.717, 1.165) is 5.56 Å². The number of hydrogen-bond acceptors (Lipinski definition) is 4. The Kier molecular flexibility index (Phi) is 2.85. The highest BCUT2D eigenvalue weighted by Gasteiger charge is 2.42. The fourth-order valence-corrected chi connectivity index (χ4v) is 2.19. The second-order valence-electron chi connectivity index (χ2n) is 4.45. The van der Waals surface area contributed by atoms with Gasteiger partial charge in [0.2, 0.25) is 5.79 Å². The maximum atomic E-state index is 6.00. The van der Waals surface area contributed by atoms with Crippen molar-refractivity contribution in [2.45, 2.75) is 25.4 Å². The zero-order valence-corrected chi connectivity index (χ0v) is 10.2. The summed E-state index contributed by atoms with van der Waals surface area (Å²) in [6.45, 7) is 3.09. The SMILES string of the molecule is C[C@H]1COC(Cn2cncn2)(c2ccccc2)O1. The van der Waals surface area contributed by atoms with Gasteiger partial charge in [0.05, 0.1) is 12.7 Å². The lowest BCUT2D eigenvalue weighted by molar-refractivity contribution is -0.186. The van der Waals surface area contributed by atoms with Gasteiger partial charge in [0, 0.05) is 5.56 Å². The van der Waals surface area contributed by atoms with Crippen LogP contribution in [0.3, 0.4) is 0 Å². The molecule has 3 rings (SSSR count). The van der Waals surface area contributed by atoms with Crippen molar-refractivity contribution in [2.24, 2.45) is 0 Å². The predicted octanol–water partition coefficient (Wildman–Crippen LogP) is 1.57. The largest absolute Gasteiger partial charge is 0.342 e. The van der Waals surface area contributed by atoms with Crippen LogP contribution in [0.1, 0.15) is 12.5 Å². The lowest BCUT2D eigenvalue weighted by atomic mass is 10.1. The van der Waals surface area contributed by atoms with Gasteiger partial charge >= 0.3 is 0 Å². The molecule has 5 heteroatoms. The summed E-state index contributed by atoms with van der Waals surface area (Å²) in [5, 5.41) is 4.12. The van der Waals surface area contributed by atoms with Gasteiger partial charge in [-0.25, -0.2) is 9.67 Å². The number of rotatable bonds is 3. The van der Waals surface area contributed by atoms with E-state index in [2.05, 4.69) is 10.1 Å². The van der Waals surface area contributed by atoms with E-state index in [0.29, 0.717) is 13.2 Å². The fraction of sp³-hybridized carbons (Fsp3) is 0.385. The molecular formula is C13H15N3O2. The van der Waals surface area contributed by atoms with E-state index in [4.69, 9.17) is 9.47 Å². The van der Waals surface area contributed by atoms with E-state index >= 15 is 0 Å². The molecule has 0 N–H and O–H groups in total. The van der Waals surface area contributed by atoms with Gasteiger partial charge < -0.3 is 9.47 Å². The lowest BCUT2D eigenvalue weighted by Crippen LogP contribution is -2.33. The summed E-state index contributed by atoms with van der Waals surface area (Å²) >= 11 is 0. The van der Waals surface area contributed by atoms with Gasteiger partial charge in [0.1, 0.15) is 19.2 Å². The standard InChI is InChI=1S/C13H15N3O2/c1-11-7-17-13(18-11,8-16-10-14-9-15-16)12-5-3-2-4-6-12/h2-6,9-11H,7-8H2,1H3/t11-,13?/m0/s1. The highest BCUT2D eigenvalue weighted by atomic mass is 16.7. The summed E-state index contributed by atoms with van der Waals surface area (Å²) in [4.78, 5) is 3.95. The molecule has 18 heavy (non-hydrogen) atoms. The lowest BCUT2D eigenvalue weighted by Gasteiger charge is -2.28. The normalized spacial score (nSPS) is 27.5. The molecule has 1 aliphatic heterocycles. The zero-order valence-electron chi connectivity index (χ0n) is 10.2. The third-order valence-corrected chi connectivity index (χ3v) is 2.99. The molecule has 0 saturated carbocycles. The molecule has 1 aromatic carbocycles. The van der Waals surface area contributed by atoms with Crippen molar-refractivity contribution in [2.75, 3.05) is 6.61 Å². The molecule has 1 saturated heterocycles. The molecule has 0 bridgehead atoms. The molecule has 1 aliphatic rings. The van der Waals surface area contributed by atoms with Crippen LogP contribution in [-0.4, -0.2) is 27.5 Å². The van der Waals surface area contributed by atoms with Crippen molar-refractivity contribution in [3.8, 4) is 0 Å². The number of benzene rings is 1. The van der Waals surface area contributed by atoms with Gasteiger partial charge in [0.25, 0.3) is 0 Å². The molecule has 94 valence electrons. The molecule has 5 nitrogen and oxygen atoms in total. The molecule has 2 aromatic rings. The van der Waals surface area contributed by atoms with Gasteiger partial charge in [-0.3, -0.25) is 0 Å². The molecule has 0 amide bonds. The molecule has 1 fully saturated rings. The Morgan fingerprint density at radius 2 is 2.22 bits per heavy atom. The molecule has 0 aliphatic carbocycles. The van der Waals surface area contributed by atoms with Gasteiger partial charge in [-0.15, -0.1) is 0 Å². The van der Waals surface area contributed by atoms with Crippen molar-refractivity contribution < 1.29 is 9.47 Å². The Morgan fingerprint density at radius 1 is 1.39 bits per heavy atom. The van der Waals surface area contributed by atoms with Gasteiger partial charge in [-0.05, 0) is 6.92 Å². The molecule has 2 heterocycles. The summed E-state index contributed by atoms with van der Waals surface area (Å²) in [5.74, 6) is -0.756. The summed E-state index contributed by atoms with van der Waals surface area (Å²) in [6.07, 6.45) is 3.26. The topological polar surface area (TPSA) is 49.2 Å². The molecule has 0 radical (unpaired) electrons. The van der Waals surface area contributed by atoms with Crippen molar-refractivity contribution >= 4 is 0 Å². The average Bonchev–Trinajstić information content (AvgIpc) is 3.02. The molecule has 2 atom stereocenters. The molecule has 1 unspecified atom stereocenters. The van der Waals surface area contributed by atoms with Crippen LogP contribution >= 0.6 is 0 Å². The van der Waals surface area contributed by atoms with E-state index < -0.39 is 5.79 Å². The summed E-state index contributed by atoms with van der Waals surface area (Å²) in [5.41, 5.74) is 1.00. The van der Waals surface area contributed by atoms with Gasteiger partial charge in [0.15, 0.2) is 0 Å². The van der Waals surface area contributed by atoms with Crippen LogP contribution in [0.15, 0.2) is 43.0 Å². The zero-order chi connectivity index (χ0) is 12.4. The monoisotopic (exact) mass is 245 g/mol. The third-order valence-electron chi connectivity index (χ3n) is 2.99. The van der Waals surface area contributed by atoms with E-state index in [-0.39, 0.29) is 6.10 Å². The highest BCUT2D eigenvalue weighted by Crippen LogP contribution is 2.35. The Hall–Kier alpha value is -1.72. The first kappa shape index (κ1) is 11.4. The van der Waals surface area contributed by atoms with Crippen molar-refractivity contribution in [3.05, 3.63) is 48.5 Å². The first-order valence-corrected chi connectivity index (χ1v) is 5.98. The Balaban J connectivity index is 1.94. The van der Waals surface area contributed by atoms with Crippen LogP contribution in [0.5, 0.6) is 0 Å². The Bertz CT molecular complexity index is 500. The second kappa shape index (κ2) is 4.51. The third kappa shape index (κ3) is 2.02. The van der Waals surface area contributed by atoms with E-state index in [9.17, 15) is 0 Å². The minimum atomic E-state index is -0.756. The van der Waals surface area contributed by atoms with E-state index in [1.807, 2.05) is 37.3 Å². The fourth-order valence-electron chi connectivity index (χ4n) is 2.19. The van der Waals surface area contributed by atoms with Crippen LogP contribution in [0.4, 0.5) is 0 Å². The molecular weight excluding hydrogens is 230 g/mol. The van der Waals surface area contributed by atoms with Crippen LogP contribution < -0.4 is 0 Å². The van der Waals surface area contributed by atoms with Gasteiger partial charge in [-0.2, -0.15) is 5.10 Å². The maximum Gasteiger partial charge on any atom is 0.215 e. The quantitative estimate of drug-likeness (QED) is 0.823. The molecule has 0 spiro atoms. The number of nitrogens with zero attached hydrogens (tertiary/aromatic N) is 3. The summed E-state index contributed by atoms with van der Waals surface area (Å²) < 4.78 is 13.6. The Morgan fingerprint density at radius 3 is 2.83 bits per heavy atom.